The van der Waals surface area contributed by atoms with Crippen molar-refractivity contribution in [1.29, 1.82) is 0 Å². The van der Waals surface area contributed by atoms with Crippen LogP contribution in [0.1, 0.15) is 18.9 Å². The number of anilines is 1. The average Bonchev–Trinajstić information content (AvgIpc) is 2.27. The Morgan fingerprint density at radius 1 is 1.41 bits per heavy atom. The Balaban J connectivity index is 2.77. The fraction of sp³-hybridized carbons (Fsp3) is 0.333. The summed E-state index contributed by atoms with van der Waals surface area (Å²) in [5.74, 6) is -0.993. The van der Waals surface area contributed by atoms with Gasteiger partial charge in [-0.05, 0) is 25.0 Å². The highest BCUT2D eigenvalue weighted by Gasteiger charge is 2.11. The number of aryl methyl sites for hydroxylation is 1. The largest absolute Gasteiger partial charge is 0.481 e. The van der Waals surface area contributed by atoms with Crippen LogP contribution < -0.4 is 5.32 Å². The zero-order chi connectivity index (χ0) is 12.8. The minimum Gasteiger partial charge on any atom is -0.481 e. The quantitative estimate of drug-likeness (QED) is 0.821. The first-order valence-electron chi connectivity index (χ1n) is 5.25. The molecule has 0 spiro atoms. The van der Waals surface area contributed by atoms with E-state index in [4.69, 9.17) is 5.11 Å². The van der Waals surface area contributed by atoms with Gasteiger partial charge < -0.3 is 10.4 Å². The van der Waals surface area contributed by atoms with Crippen LogP contribution in [0.3, 0.4) is 0 Å². The Morgan fingerprint density at radius 2 is 2.06 bits per heavy atom. The van der Waals surface area contributed by atoms with Crippen LogP contribution in [0, 0.1) is 0 Å². The second-order valence-electron chi connectivity index (χ2n) is 3.66. The molecule has 1 rings (SSSR count). The van der Waals surface area contributed by atoms with Crippen molar-refractivity contribution >= 4 is 33.5 Å². The zero-order valence-electron chi connectivity index (χ0n) is 9.44. The van der Waals surface area contributed by atoms with Crippen molar-refractivity contribution in [3.63, 3.8) is 0 Å². The van der Waals surface area contributed by atoms with E-state index < -0.39 is 5.97 Å². The minimum absolute atomic E-state index is 0.0523. The second kappa shape index (κ2) is 6.39. The molecule has 0 saturated heterocycles. The number of alkyl halides is 1. The number of rotatable bonds is 5. The van der Waals surface area contributed by atoms with E-state index in [1.165, 1.54) is 0 Å². The molecule has 2 N–H and O–H groups in total. The third-order valence-electron chi connectivity index (χ3n) is 2.24. The van der Waals surface area contributed by atoms with Crippen LogP contribution in [0.4, 0.5) is 5.69 Å². The van der Waals surface area contributed by atoms with Crippen LogP contribution in [0.15, 0.2) is 24.3 Å². The second-order valence-corrected chi connectivity index (χ2v) is 5.03. The smallest absolute Gasteiger partial charge is 0.303 e. The summed E-state index contributed by atoms with van der Waals surface area (Å²) in [6.45, 7) is 1.73. The number of benzene rings is 1. The average molecular weight is 300 g/mol. The van der Waals surface area contributed by atoms with Gasteiger partial charge in [0.25, 0.3) is 0 Å². The first-order chi connectivity index (χ1) is 8.00. The van der Waals surface area contributed by atoms with E-state index in [2.05, 4.69) is 21.2 Å². The molecule has 1 unspecified atom stereocenters. The molecule has 0 aliphatic heterocycles. The first-order valence-corrected chi connectivity index (χ1v) is 6.17. The topological polar surface area (TPSA) is 66.4 Å². The number of carboxylic acid groups (broad SMARTS) is 1. The molecule has 92 valence electrons. The first kappa shape index (κ1) is 13.7. The number of para-hydroxylation sites is 1. The molecule has 0 aliphatic carbocycles. The SMILES string of the molecule is CC(Br)C(=O)Nc1ccccc1CCC(=O)O. The van der Waals surface area contributed by atoms with Crippen molar-refractivity contribution in [3.05, 3.63) is 29.8 Å². The molecule has 1 atom stereocenters. The van der Waals surface area contributed by atoms with Crippen molar-refractivity contribution in [2.24, 2.45) is 0 Å². The Morgan fingerprint density at radius 3 is 2.65 bits per heavy atom. The predicted octanol–water partition coefficient (Wildman–Crippen LogP) is 2.43. The van der Waals surface area contributed by atoms with E-state index in [0.29, 0.717) is 12.1 Å². The number of hydrogen-bond donors (Lipinski definition) is 2. The van der Waals surface area contributed by atoms with Gasteiger partial charge in [-0.1, -0.05) is 34.1 Å². The molecule has 4 nitrogen and oxygen atoms in total. The van der Waals surface area contributed by atoms with Crippen LogP contribution in [0.5, 0.6) is 0 Å². The summed E-state index contributed by atoms with van der Waals surface area (Å²) in [5.41, 5.74) is 1.50. The number of halogens is 1. The molecule has 1 aromatic rings. The molecular weight excluding hydrogens is 286 g/mol. The van der Waals surface area contributed by atoms with Crippen LogP contribution in [0.25, 0.3) is 0 Å². The highest BCUT2D eigenvalue weighted by atomic mass is 79.9. The van der Waals surface area contributed by atoms with Gasteiger partial charge in [0, 0.05) is 12.1 Å². The molecule has 5 heteroatoms. The number of carbonyl (C=O) groups excluding carboxylic acids is 1. The Bertz CT molecular complexity index is 418. The maximum Gasteiger partial charge on any atom is 0.303 e. The molecule has 0 heterocycles. The summed E-state index contributed by atoms with van der Waals surface area (Å²) in [4.78, 5) is 21.8. The molecule has 0 saturated carbocycles. The van der Waals surface area contributed by atoms with Gasteiger partial charge >= 0.3 is 5.97 Å². The predicted molar refractivity (Wildman–Crippen MR) is 69.4 cm³/mol. The number of amides is 1. The summed E-state index contributed by atoms with van der Waals surface area (Å²) in [6.07, 6.45) is 0.458. The summed E-state index contributed by atoms with van der Waals surface area (Å²) in [7, 11) is 0. The number of carboxylic acids is 1. The van der Waals surface area contributed by atoms with Gasteiger partial charge in [-0.3, -0.25) is 9.59 Å². The highest BCUT2D eigenvalue weighted by molar-refractivity contribution is 9.10. The lowest BCUT2D eigenvalue weighted by Crippen LogP contribution is -2.20. The molecule has 0 aromatic heterocycles. The van der Waals surface area contributed by atoms with Gasteiger partial charge in [0.05, 0.1) is 4.83 Å². The molecule has 1 aromatic carbocycles. The summed E-state index contributed by atoms with van der Waals surface area (Å²) >= 11 is 3.18. The van der Waals surface area contributed by atoms with Gasteiger partial charge in [0.1, 0.15) is 0 Å². The van der Waals surface area contributed by atoms with Crippen LogP contribution in [-0.4, -0.2) is 21.8 Å². The van der Waals surface area contributed by atoms with Crippen molar-refractivity contribution < 1.29 is 14.7 Å². The van der Waals surface area contributed by atoms with Gasteiger partial charge in [0.2, 0.25) is 5.91 Å². The molecule has 0 bridgehead atoms. The number of nitrogens with one attached hydrogen (secondary N) is 1. The molecule has 0 fully saturated rings. The Hall–Kier alpha value is -1.36. The third-order valence-corrected chi connectivity index (χ3v) is 2.66. The fourth-order valence-corrected chi connectivity index (χ4v) is 1.45. The molecule has 0 radical (unpaired) electrons. The van der Waals surface area contributed by atoms with Gasteiger partial charge in [-0.15, -0.1) is 0 Å². The monoisotopic (exact) mass is 299 g/mol. The lowest BCUT2D eigenvalue weighted by molar-refractivity contribution is -0.136. The number of carbonyl (C=O) groups is 2. The third kappa shape index (κ3) is 4.56. The molecule has 17 heavy (non-hydrogen) atoms. The van der Waals surface area contributed by atoms with Crippen molar-refractivity contribution in [3.8, 4) is 0 Å². The van der Waals surface area contributed by atoms with E-state index >= 15 is 0 Å². The summed E-state index contributed by atoms with van der Waals surface area (Å²) < 4.78 is 0. The van der Waals surface area contributed by atoms with Crippen LogP contribution in [0.2, 0.25) is 0 Å². The summed E-state index contributed by atoms with van der Waals surface area (Å²) in [5, 5.41) is 11.4. The standard InChI is InChI=1S/C12H14BrNO3/c1-8(13)12(17)14-10-5-3-2-4-9(10)6-7-11(15)16/h2-5,8H,6-7H2,1H3,(H,14,17)(H,15,16). The molecule has 0 aliphatic rings. The Kier molecular flexibility index (Phi) is 5.15. The maximum atomic E-state index is 11.5. The van der Waals surface area contributed by atoms with E-state index in [1.807, 2.05) is 12.1 Å². The van der Waals surface area contributed by atoms with Gasteiger partial charge in [0.15, 0.2) is 0 Å². The van der Waals surface area contributed by atoms with E-state index in [9.17, 15) is 9.59 Å². The lowest BCUT2D eigenvalue weighted by atomic mass is 10.1. The zero-order valence-corrected chi connectivity index (χ0v) is 11.0. The normalized spacial score (nSPS) is 11.9. The number of aliphatic carboxylic acids is 1. The van der Waals surface area contributed by atoms with Crippen molar-refractivity contribution in [2.45, 2.75) is 24.6 Å². The van der Waals surface area contributed by atoms with E-state index in [1.54, 1.807) is 19.1 Å². The highest BCUT2D eigenvalue weighted by Crippen LogP contribution is 2.17. The number of hydrogen-bond acceptors (Lipinski definition) is 2. The minimum atomic E-state index is -0.847. The lowest BCUT2D eigenvalue weighted by Gasteiger charge is -2.11. The van der Waals surface area contributed by atoms with Gasteiger partial charge in [-0.2, -0.15) is 0 Å². The molecular formula is C12H14BrNO3. The van der Waals surface area contributed by atoms with E-state index in [-0.39, 0.29) is 17.2 Å². The Labute approximate surface area is 108 Å². The maximum absolute atomic E-state index is 11.5. The van der Waals surface area contributed by atoms with Crippen molar-refractivity contribution in [1.82, 2.24) is 0 Å². The van der Waals surface area contributed by atoms with Crippen LogP contribution in [-0.2, 0) is 16.0 Å². The van der Waals surface area contributed by atoms with E-state index in [0.717, 1.165) is 5.56 Å². The van der Waals surface area contributed by atoms with Crippen molar-refractivity contribution in [2.75, 3.05) is 5.32 Å². The fourth-order valence-electron chi connectivity index (χ4n) is 1.33. The summed E-state index contributed by atoms with van der Waals surface area (Å²) in [6, 6.07) is 7.21. The molecule has 1 amide bonds. The van der Waals surface area contributed by atoms with Crippen LogP contribution >= 0.6 is 15.9 Å². The van der Waals surface area contributed by atoms with Gasteiger partial charge in [-0.25, -0.2) is 0 Å².